The molecule has 3 N–H and O–H groups in total. The van der Waals surface area contributed by atoms with Crippen LogP contribution in [0.25, 0.3) is 10.9 Å². The van der Waals surface area contributed by atoms with Gasteiger partial charge in [0.2, 0.25) is 5.91 Å². The first kappa shape index (κ1) is 17.4. The van der Waals surface area contributed by atoms with Gasteiger partial charge in [-0.05, 0) is 37.8 Å². The second-order valence-electron chi connectivity index (χ2n) is 6.14. The summed E-state index contributed by atoms with van der Waals surface area (Å²) in [7, 11) is 0. The van der Waals surface area contributed by atoms with Crippen molar-refractivity contribution in [2.45, 2.75) is 31.8 Å². The molecule has 1 unspecified atom stereocenters. The molecule has 23 heavy (non-hydrogen) atoms. The lowest BCUT2D eigenvalue weighted by Crippen LogP contribution is -2.54. The minimum atomic E-state index is -0.384. The molecule has 0 bridgehead atoms. The lowest BCUT2D eigenvalue weighted by molar-refractivity contribution is -0.123. The van der Waals surface area contributed by atoms with E-state index in [1.165, 1.54) is 10.9 Å². The molecule has 1 aromatic carbocycles. The van der Waals surface area contributed by atoms with Crippen LogP contribution in [0.3, 0.4) is 0 Å². The van der Waals surface area contributed by atoms with Crippen molar-refractivity contribution in [2.75, 3.05) is 6.54 Å². The fourth-order valence-electron chi connectivity index (χ4n) is 2.77. The number of benzene rings is 1. The second-order valence-corrected chi connectivity index (χ2v) is 6.14. The third kappa shape index (κ3) is 3.54. The van der Waals surface area contributed by atoms with Crippen molar-refractivity contribution in [2.24, 2.45) is 11.7 Å². The molecular weight excluding hydrogens is 316 g/mol. The molecule has 1 aromatic heterocycles. The van der Waals surface area contributed by atoms with Gasteiger partial charge in [-0.2, -0.15) is 0 Å². The number of amides is 1. The predicted octanol–water partition coefficient (Wildman–Crippen LogP) is 1.06. The summed E-state index contributed by atoms with van der Waals surface area (Å²) < 4.78 is 1.33. The Hall–Kier alpha value is -1.92. The van der Waals surface area contributed by atoms with Crippen molar-refractivity contribution < 1.29 is 4.79 Å². The van der Waals surface area contributed by atoms with Gasteiger partial charge < -0.3 is 11.1 Å². The van der Waals surface area contributed by atoms with Crippen LogP contribution in [0, 0.1) is 5.92 Å². The molecule has 124 valence electrons. The van der Waals surface area contributed by atoms with E-state index in [0.717, 1.165) is 12.8 Å². The number of carbonyl (C=O) groups is 1. The van der Waals surface area contributed by atoms with E-state index in [-0.39, 0.29) is 36.0 Å². The van der Waals surface area contributed by atoms with Crippen LogP contribution in [-0.2, 0) is 11.3 Å². The Balaban J connectivity index is 0.00000192. The third-order valence-corrected chi connectivity index (χ3v) is 4.37. The maximum Gasteiger partial charge on any atom is 0.261 e. The number of rotatable bonds is 5. The molecule has 0 aliphatic heterocycles. The highest BCUT2D eigenvalue weighted by Gasteiger charge is 2.41. The zero-order valence-electron chi connectivity index (χ0n) is 13.0. The van der Waals surface area contributed by atoms with Gasteiger partial charge in [0.25, 0.3) is 5.56 Å². The standard InChI is InChI=1S/C16H20N4O2.ClH/c1-16(9-17,11-6-7-11)19-14(21)8-20-10-18-13-5-3-2-4-12(13)15(20)22;/h2-5,10-11H,6-9,17H2,1H3,(H,19,21);1H. The molecule has 1 amide bonds. The number of nitrogens with zero attached hydrogens (tertiary/aromatic N) is 2. The Morgan fingerprint density at radius 2 is 2.13 bits per heavy atom. The van der Waals surface area contributed by atoms with Crippen molar-refractivity contribution >= 4 is 29.2 Å². The van der Waals surface area contributed by atoms with Crippen LogP contribution in [-0.4, -0.2) is 27.5 Å². The minimum absolute atomic E-state index is 0. The summed E-state index contributed by atoms with van der Waals surface area (Å²) in [5, 5.41) is 3.49. The van der Waals surface area contributed by atoms with Gasteiger partial charge in [-0.15, -0.1) is 12.4 Å². The fraction of sp³-hybridized carbons (Fsp3) is 0.438. The maximum absolute atomic E-state index is 12.4. The van der Waals surface area contributed by atoms with E-state index in [1.54, 1.807) is 18.2 Å². The van der Waals surface area contributed by atoms with Gasteiger partial charge in [-0.25, -0.2) is 4.98 Å². The molecule has 1 aliphatic carbocycles. The average molecular weight is 337 g/mol. The number of fused-ring (bicyclic) bond motifs is 1. The van der Waals surface area contributed by atoms with E-state index < -0.39 is 0 Å². The van der Waals surface area contributed by atoms with Gasteiger partial charge in [0, 0.05) is 6.54 Å². The highest BCUT2D eigenvalue weighted by molar-refractivity contribution is 5.85. The summed E-state index contributed by atoms with van der Waals surface area (Å²) in [4.78, 5) is 28.8. The van der Waals surface area contributed by atoms with E-state index in [9.17, 15) is 9.59 Å². The molecule has 0 spiro atoms. The van der Waals surface area contributed by atoms with Crippen LogP contribution in [0.5, 0.6) is 0 Å². The number of nitrogens with two attached hydrogens (primary N) is 1. The largest absolute Gasteiger partial charge is 0.348 e. The predicted molar refractivity (Wildman–Crippen MR) is 91.6 cm³/mol. The van der Waals surface area contributed by atoms with Crippen molar-refractivity contribution in [1.29, 1.82) is 0 Å². The van der Waals surface area contributed by atoms with Gasteiger partial charge in [0.1, 0.15) is 6.54 Å². The summed E-state index contributed by atoms with van der Waals surface area (Å²) >= 11 is 0. The number of hydrogen-bond acceptors (Lipinski definition) is 4. The Morgan fingerprint density at radius 3 is 2.78 bits per heavy atom. The second kappa shape index (κ2) is 6.68. The molecule has 2 aromatic rings. The molecule has 3 rings (SSSR count). The molecule has 1 atom stereocenters. The number of halogens is 1. The molecular formula is C16H21ClN4O2. The van der Waals surface area contributed by atoms with Crippen LogP contribution in [0.4, 0.5) is 0 Å². The molecule has 0 saturated heterocycles. The van der Waals surface area contributed by atoms with E-state index in [2.05, 4.69) is 10.3 Å². The lowest BCUT2D eigenvalue weighted by atomic mass is 9.96. The SMILES string of the molecule is CC(CN)(NC(=O)Cn1cnc2ccccc2c1=O)C1CC1.Cl. The van der Waals surface area contributed by atoms with Crippen LogP contribution < -0.4 is 16.6 Å². The average Bonchev–Trinajstić information content (AvgIpc) is 3.35. The maximum atomic E-state index is 12.4. The summed E-state index contributed by atoms with van der Waals surface area (Å²) in [6, 6.07) is 7.11. The molecule has 1 aliphatic rings. The third-order valence-electron chi connectivity index (χ3n) is 4.37. The molecule has 7 heteroatoms. The molecule has 1 saturated carbocycles. The fourth-order valence-corrected chi connectivity index (χ4v) is 2.77. The quantitative estimate of drug-likeness (QED) is 0.854. The van der Waals surface area contributed by atoms with Gasteiger partial charge >= 0.3 is 0 Å². The number of para-hydroxylation sites is 1. The molecule has 0 radical (unpaired) electrons. The highest BCUT2D eigenvalue weighted by Crippen LogP contribution is 2.38. The lowest BCUT2D eigenvalue weighted by Gasteiger charge is -2.29. The van der Waals surface area contributed by atoms with Crippen LogP contribution in [0.1, 0.15) is 19.8 Å². The van der Waals surface area contributed by atoms with Crippen LogP contribution >= 0.6 is 12.4 Å². The Bertz CT molecular complexity index is 772. The van der Waals surface area contributed by atoms with Gasteiger partial charge in [-0.3, -0.25) is 14.2 Å². The summed E-state index contributed by atoms with van der Waals surface area (Å²) in [6.45, 7) is 2.32. The van der Waals surface area contributed by atoms with Crippen molar-refractivity contribution in [3.8, 4) is 0 Å². The highest BCUT2D eigenvalue weighted by atomic mass is 35.5. The van der Waals surface area contributed by atoms with Gasteiger partial charge in [-0.1, -0.05) is 12.1 Å². The topological polar surface area (TPSA) is 90.0 Å². The number of carbonyl (C=O) groups excluding carboxylic acids is 1. The molecule has 1 fully saturated rings. The Labute approximate surface area is 140 Å². The normalized spacial score (nSPS) is 16.4. The summed E-state index contributed by atoms with van der Waals surface area (Å²) in [5.41, 5.74) is 5.84. The zero-order chi connectivity index (χ0) is 15.7. The summed E-state index contributed by atoms with van der Waals surface area (Å²) in [6.07, 6.45) is 3.60. The molecule has 6 nitrogen and oxygen atoms in total. The van der Waals surface area contributed by atoms with Crippen molar-refractivity contribution in [3.63, 3.8) is 0 Å². The smallest absolute Gasteiger partial charge is 0.261 e. The van der Waals surface area contributed by atoms with E-state index in [0.29, 0.717) is 23.4 Å². The first-order valence-electron chi connectivity index (χ1n) is 7.49. The minimum Gasteiger partial charge on any atom is -0.348 e. The first-order chi connectivity index (χ1) is 10.5. The van der Waals surface area contributed by atoms with Crippen molar-refractivity contribution in [1.82, 2.24) is 14.9 Å². The number of hydrogen-bond donors (Lipinski definition) is 2. The number of aromatic nitrogens is 2. The van der Waals surface area contributed by atoms with E-state index in [1.807, 2.05) is 13.0 Å². The zero-order valence-corrected chi connectivity index (χ0v) is 13.8. The first-order valence-corrected chi connectivity index (χ1v) is 7.49. The summed E-state index contributed by atoms with van der Waals surface area (Å²) in [5.74, 6) is 0.229. The van der Waals surface area contributed by atoms with Crippen LogP contribution in [0.15, 0.2) is 35.4 Å². The Morgan fingerprint density at radius 1 is 1.43 bits per heavy atom. The molecule has 1 heterocycles. The van der Waals surface area contributed by atoms with Gasteiger partial charge in [0.15, 0.2) is 0 Å². The van der Waals surface area contributed by atoms with Crippen LogP contribution in [0.2, 0.25) is 0 Å². The van der Waals surface area contributed by atoms with Crippen molar-refractivity contribution in [3.05, 3.63) is 40.9 Å². The Kier molecular flexibility index (Phi) is 5.06. The monoisotopic (exact) mass is 336 g/mol. The van der Waals surface area contributed by atoms with E-state index in [4.69, 9.17) is 5.73 Å². The van der Waals surface area contributed by atoms with Gasteiger partial charge in [0.05, 0.1) is 22.8 Å². The van der Waals surface area contributed by atoms with E-state index >= 15 is 0 Å². The number of nitrogens with one attached hydrogen (secondary N) is 1.